The second-order valence-electron chi connectivity index (χ2n) is 9.53. The van der Waals surface area contributed by atoms with Crippen molar-refractivity contribution < 1.29 is 0 Å². The average molecular weight is 475 g/mol. The fraction of sp³-hybridized carbons (Fsp3) is 0.414. The van der Waals surface area contributed by atoms with E-state index in [9.17, 15) is 0 Å². The molecule has 0 amide bonds. The summed E-state index contributed by atoms with van der Waals surface area (Å²) in [5, 5.41) is 7.23. The van der Waals surface area contributed by atoms with E-state index in [-0.39, 0.29) is 0 Å². The highest BCUT2D eigenvalue weighted by Crippen LogP contribution is 2.37. The maximum absolute atomic E-state index is 5.79. The molecule has 2 aromatic carbocycles. The van der Waals surface area contributed by atoms with Crippen LogP contribution >= 0.6 is 23.6 Å². The summed E-state index contributed by atoms with van der Waals surface area (Å²) in [6.07, 6.45) is 12.7. The first-order chi connectivity index (χ1) is 16.2. The van der Waals surface area contributed by atoms with Crippen LogP contribution in [0.15, 0.2) is 53.9 Å². The van der Waals surface area contributed by atoms with Gasteiger partial charge in [0.05, 0.1) is 0 Å². The van der Waals surface area contributed by atoms with Crippen molar-refractivity contribution in [2.75, 3.05) is 18.4 Å². The van der Waals surface area contributed by atoms with Crippen LogP contribution in [-0.2, 0) is 6.42 Å². The zero-order chi connectivity index (χ0) is 22.6. The molecule has 0 radical (unpaired) electrons. The lowest BCUT2D eigenvalue weighted by Gasteiger charge is -2.33. The number of thiocarbonyl (C=S) groups is 1. The molecule has 4 heteroatoms. The Labute approximate surface area is 207 Å². The van der Waals surface area contributed by atoms with E-state index in [2.05, 4.69) is 71.1 Å². The minimum atomic E-state index is 0.778. The van der Waals surface area contributed by atoms with E-state index in [0.717, 1.165) is 35.2 Å². The van der Waals surface area contributed by atoms with Crippen LogP contribution in [0.5, 0.6) is 0 Å². The maximum Gasteiger partial charge on any atom is 0.110 e. The zero-order valence-corrected chi connectivity index (χ0v) is 21.2. The van der Waals surface area contributed by atoms with Gasteiger partial charge in [0.2, 0.25) is 0 Å². The lowest BCUT2D eigenvalue weighted by molar-refractivity contribution is 0.161. The molecule has 1 fully saturated rings. The Bertz CT molecular complexity index is 1160. The van der Waals surface area contributed by atoms with E-state index >= 15 is 0 Å². The molecule has 1 N–H and O–H groups in total. The van der Waals surface area contributed by atoms with E-state index in [1.807, 2.05) is 11.3 Å². The van der Waals surface area contributed by atoms with Gasteiger partial charge in [0.15, 0.2) is 0 Å². The van der Waals surface area contributed by atoms with Gasteiger partial charge in [-0.2, -0.15) is 0 Å². The summed E-state index contributed by atoms with van der Waals surface area (Å²) in [7, 11) is 0. The molecule has 0 bridgehead atoms. The molecule has 1 aromatic heterocycles. The van der Waals surface area contributed by atoms with Gasteiger partial charge in [0.1, 0.15) is 4.99 Å². The number of anilines is 1. The normalized spacial score (nSPS) is 19.1. The zero-order valence-electron chi connectivity index (χ0n) is 19.6. The van der Waals surface area contributed by atoms with Crippen molar-refractivity contribution in [3.05, 3.63) is 70.6 Å². The largest absolute Gasteiger partial charge is 0.346 e. The van der Waals surface area contributed by atoms with Gasteiger partial charge in [-0.3, -0.25) is 4.90 Å². The third-order valence-corrected chi connectivity index (χ3v) is 8.55. The molecule has 0 aliphatic carbocycles. The Hall–Kier alpha value is -2.01. The van der Waals surface area contributed by atoms with Crippen LogP contribution in [-0.4, -0.2) is 29.0 Å². The highest BCUT2D eigenvalue weighted by Gasteiger charge is 2.24. The molecule has 172 valence electrons. The third kappa shape index (κ3) is 5.24. The van der Waals surface area contributed by atoms with Gasteiger partial charge in [-0.15, -0.1) is 11.3 Å². The summed E-state index contributed by atoms with van der Waals surface area (Å²) < 4.78 is 1.35. The lowest BCUT2D eigenvalue weighted by atomic mass is 9.95. The average Bonchev–Trinajstić information content (AvgIpc) is 3.14. The molecule has 0 saturated carbocycles. The molecule has 3 heterocycles. The van der Waals surface area contributed by atoms with E-state index < -0.39 is 0 Å². The molecule has 1 unspecified atom stereocenters. The fourth-order valence-corrected chi connectivity index (χ4v) is 6.54. The summed E-state index contributed by atoms with van der Waals surface area (Å²) in [5.74, 6) is 0. The van der Waals surface area contributed by atoms with Gasteiger partial charge >= 0.3 is 0 Å². The number of nitrogens with zero attached hydrogens (tertiary/aromatic N) is 1. The first kappa shape index (κ1) is 22.8. The molecule has 1 saturated heterocycles. The molecular formula is C29H34N2S2. The maximum atomic E-state index is 5.79. The lowest BCUT2D eigenvalue weighted by Crippen LogP contribution is -2.38. The summed E-state index contributed by atoms with van der Waals surface area (Å²) >= 11 is 7.64. The molecule has 3 aromatic rings. The van der Waals surface area contributed by atoms with Crippen LogP contribution in [0.3, 0.4) is 0 Å². The van der Waals surface area contributed by atoms with Crippen LogP contribution in [0, 0.1) is 0 Å². The Kier molecular flexibility index (Phi) is 7.24. The molecule has 0 spiro atoms. The molecule has 1 atom stereocenters. The molecule has 33 heavy (non-hydrogen) atoms. The van der Waals surface area contributed by atoms with Gasteiger partial charge in [0, 0.05) is 33.9 Å². The van der Waals surface area contributed by atoms with E-state index in [4.69, 9.17) is 12.2 Å². The highest BCUT2D eigenvalue weighted by molar-refractivity contribution is 7.81. The van der Waals surface area contributed by atoms with Gasteiger partial charge < -0.3 is 5.32 Å². The van der Waals surface area contributed by atoms with E-state index in [1.165, 1.54) is 78.3 Å². The quantitative estimate of drug-likeness (QED) is 0.364. The number of allylic oxidation sites excluding steroid dienone is 1. The number of unbranched alkanes of at least 4 members (excludes halogenated alkanes) is 1. The summed E-state index contributed by atoms with van der Waals surface area (Å²) in [4.78, 5) is 3.50. The highest BCUT2D eigenvalue weighted by atomic mass is 32.1. The van der Waals surface area contributed by atoms with Crippen molar-refractivity contribution in [1.82, 2.24) is 4.90 Å². The number of benzene rings is 2. The number of rotatable bonds is 6. The minimum absolute atomic E-state index is 0.778. The Balaban J connectivity index is 1.35. The summed E-state index contributed by atoms with van der Waals surface area (Å²) in [5.41, 5.74) is 6.50. The number of fused-ring (bicyclic) bond motifs is 2. The summed E-state index contributed by atoms with van der Waals surface area (Å²) in [6.45, 7) is 4.61. The third-order valence-electron chi connectivity index (χ3n) is 7.25. The SMILES string of the molecule is CCCCc1cccc(C(=S)Nc2ccc3scc(C4=CCN5CCCCC5CC4)c3c2)c1. The standard InChI is InChI=1S/C29H34N2S2/c1-2-3-7-21-8-6-9-23(18-21)29(32)30-24-12-14-28-26(19-24)27(20-33-28)22-11-13-25-10-4-5-16-31(25)17-15-22/h6,8-9,12,14-15,18-20,25H,2-5,7,10-11,13,16-17H2,1H3,(H,30,32). The Morgan fingerprint density at radius 2 is 2.09 bits per heavy atom. The number of thiophene rings is 1. The molecule has 2 aliphatic rings. The van der Waals surface area contributed by atoms with Crippen LogP contribution in [0.25, 0.3) is 15.7 Å². The molecule has 2 aliphatic heterocycles. The van der Waals surface area contributed by atoms with Crippen molar-refractivity contribution in [3.63, 3.8) is 0 Å². The van der Waals surface area contributed by atoms with Gasteiger partial charge in [-0.05, 0) is 91.4 Å². The van der Waals surface area contributed by atoms with E-state index in [0.29, 0.717) is 0 Å². The predicted molar refractivity (Wildman–Crippen MR) is 149 cm³/mol. The fourth-order valence-electron chi connectivity index (χ4n) is 5.33. The number of hydrogen-bond acceptors (Lipinski definition) is 3. The molecular weight excluding hydrogens is 440 g/mol. The van der Waals surface area contributed by atoms with Gasteiger partial charge in [-0.1, -0.05) is 56.3 Å². The Morgan fingerprint density at radius 3 is 3.00 bits per heavy atom. The topological polar surface area (TPSA) is 15.3 Å². The first-order valence-corrected chi connectivity index (χ1v) is 13.8. The smallest absolute Gasteiger partial charge is 0.110 e. The van der Waals surface area contributed by atoms with Crippen molar-refractivity contribution in [2.24, 2.45) is 0 Å². The van der Waals surface area contributed by atoms with Crippen molar-refractivity contribution >= 4 is 49.9 Å². The van der Waals surface area contributed by atoms with Crippen molar-refractivity contribution in [2.45, 2.75) is 64.3 Å². The number of aryl methyl sites for hydroxylation is 1. The Morgan fingerprint density at radius 1 is 1.15 bits per heavy atom. The second-order valence-corrected chi connectivity index (χ2v) is 10.9. The van der Waals surface area contributed by atoms with Crippen molar-refractivity contribution in [3.8, 4) is 0 Å². The van der Waals surface area contributed by atoms with Crippen LogP contribution in [0.4, 0.5) is 5.69 Å². The summed E-state index contributed by atoms with van der Waals surface area (Å²) in [6, 6.07) is 16.2. The monoisotopic (exact) mass is 474 g/mol. The molecule has 5 rings (SSSR count). The number of hydrogen-bond donors (Lipinski definition) is 1. The predicted octanol–water partition coefficient (Wildman–Crippen LogP) is 8.06. The van der Waals surface area contributed by atoms with Gasteiger partial charge in [-0.25, -0.2) is 0 Å². The van der Waals surface area contributed by atoms with Crippen LogP contribution in [0.2, 0.25) is 0 Å². The van der Waals surface area contributed by atoms with E-state index in [1.54, 1.807) is 0 Å². The number of piperidine rings is 1. The number of nitrogens with one attached hydrogen (secondary N) is 1. The second kappa shape index (κ2) is 10.5. The van der Waals surface area contributed by atoms with Gasteiger partial charge in [0.25, 0.3) is 0 Å². The first-order valence-electron chi connectivity index (χ1n) is 12.6. The van der Waals surface area contributed by atoms with Crippen LogP contribution < -0.4 is 5.32 Å². The minimum Gasteiger partial charge on any atom is -0.346 e. The molecule has 2 nitrogen and oxygen atoms in total. The van der Waals surface area contributed by atoms with Crippen LogP contribution in [0.1, 0.15) is 68.6 Å². The van der Waals surface area contributed by atoms with Crippen molar-refractivity contribution in [1.29, 1.82) is 0 Å².